The molecular formula is C12H16BrNO. The van der Waals surface area contributed by atoms with Gasteiger partial charge in [-0.1, -0.05) is 6.07 Å². The van der Waals surface area contributed by atoms with Crippen LogP contribution in [-0.4, -0.2) is 18.2 Å². The van der Waals surface area contributed by atoms with E-state index in [1.165, 1.54) is 49.2 Å². The van der Waals surface area contributed by atoms with Crippen LogP contribution in [0.15, 0.2) is 12.1 Å². The summed E-state index contributed by atoms with van der Waals surface area (Å²) in [5, 5.41) is 9.79. The molecule has 0 aliphatic carbocycles. The molecule has 3 heteroatoms. The van der Waals surface area contributed by atoms with Crippen LogP contribution in [0.25, 0.3) is 0 Å². The van der Waals surface area contributed by atoms with Crippen molar-refractivity contribution in [1.82, 2.24) is 0 Å². The van der Waals surface area contributed by atoms with Gasteiger partial charge in [-0.2, -0.15) is 0 Å². The highest BCUT2D eigenvalue weighted by Crippen LogP contribution is 2.39. The summed E-state index contributed by atoms with van der Waals surface area (Å²) in [6, 6.07) is 3.95. The Morgan fingerprint density at radius 1 is 1.07 bits per heavy atom. The molecule has 0 bridgehead atoms. The predicted octanol–water partition coefficient (Wildman–Crippen LogP) is 2.67. The van der Waals surface area contributed by atoms with E-state index in [0.29, 0.717) is 5.75 Å². The Balaban J connectivity index is 0.000000853. The lowest BCUT2D eigenvalue weighted by Crippen LogP contribution is -2.34. The molecule has 0 atom stereocenters. The number of aryl methyl sites for hydroxylation is 1. The fourth-order valence-corrected chi connectivity index (χ4v) is 2.76. The van der Waals surface area contributed by atoms with Gasteiger partial charge in [0, 0.05) is 24.3 Å². The molecule has 1 N–H and O–H groups in total. The Morgan fingerprint density at radius 2 is 1.80 bits per heavy atom. The minimum absolute atomic E-state index is 0. The maximum Gasteiger partial charge on any atom is 0.120 e. The third kappa shape index (κ3) is 1.63. The van der Waals surface area contributed by atoms with Crippen LogP contribution in [0.2, 0.25) is 0 Å². The zero-order valence-corrected chi connectivity index (χ0v) is 10.4. The second-order valence-electron chi connectivity index (χ2n) is 4.27. The van der Waals surface area contributed by atoms with Crippen LogP contribution in [0.1, 0.15) is 24.0 Å². The number of rotatable bonds is 0. The van der Waals surface area contributed by atoms with E-state index in [9.17, 15) is 5.11 Å². The Hall–Kier alpha value is -0.700. The molecule has 2 aliphatic heterocycles. The molecule has 0 radical (unpaired) electrons. The molecule has 0 saturated carbocycles. The van der Waals surface area contributed by atoms with Crippen molar-refractivity contribution < 1.29 is 5.11 Å². The summed E-state index contributed by atoms with van der Waals surface area (Å²) in [7, 11) is 0. The number of phenols is 1. The first kappa shape index (κ1) is 10.8. The lowest BCUT2D eigenvalue weighted by atomic mass is 9.91. The normalized spacial score (nSPS) is 18.0. The van der Waals surface area contributed by atoms with E-state index in [-0.39, 0.29) is 17.0 Å². The molecule has 2 nitrogen and oxygen atoms in total. The van der Waals surface area contributed by atoms with Crippen molar-refractivity contribution >= 4 is 22.7 Å². The van der Waals surface area contributed by atoms with Crippen molar-refractivity contribution in [3.63, 3.8) is 0 Å². The first-order chi connectivity index (χ1) is 6.86. The smallest absolute Gasteiger partial charge is 0.120 e. The van der Waals surface area contributed by atoms with E-state index in [1.54, 1.807) is 0 Å². The van der Waals surface area contributed by atoms with Crippen molar-refractivity contribution in [2.45, 2.75) is 25.7 Å². The summed E-state index contributed by atoms with van der Waals surface area (Å²) in [6.07, 6.45) is 4.67. The van der Waals surface area contributed by atoms with Gasteiger partial charge in [-0.15, -0.1) is 17.0 Å². The van der Waals surface area contributed by atoms with E-state index < -0.39 is 0 Å². The average molecular weight is 270 g/mol. The van der Waals surface area contributed by atoms with Gasteiger partial charge in [0.1, 0.15) is 5.75 Å². The molecule has 0 unspecified atom stereocenters. The van der Waals surface area contributed by atoms with Crippen LogP contribution >= 0.6 is 17.0 Å². The summed E-state index contributed by atoms with van der Waals surface area (Å²) >= 11 is 0. The van der Waals surface area contributed by atoms with E-state index in [1.807, 2.05) is 6.07 Å². The zero-order valence-electron chi connectivity index (χ0n) is 8.70. The fourth-order valence-electron chi connectivity index (χ4n) is 2.76. The topological polar surface area (TPSA) is 23.5 Å². The van der Waals surface area contributed by atoms with Crippen LogP contribution in [0.5, 0.6) is 5.75 Å². The number of anilines is 1. The lowest BCUT2D eigenvalue weighted by Gasteiger charge is -2.36. The third-order valence-electron chi connectivity index (χ3n) is 3.39. The molecule has 0 amide bonds. The monoisotopic (exact) mass is 269 g/mol. The van der Waals surface area contributed by atoms with Gasteiger partial charge < -0.3 is 10.0 Å². The largest absolute Gasteiger partial charge is 0.508 e. The summed E-state index contributed by atoms with van der Waals surface area (Å²) in [4.78, 5) is 2.44. The van der Waals surface area contributed by atoms with Gasteiger partial charge in [0.15, 0.2) is 0 Å². The van der Waals surface area contributed by atoms with Crippen molar-refractivity contribution in [3.05, 3.63) is 23.3 Å². The Morgan fingerprint density at radius 3 is 2.60 bits per heavy atom. The van der Waals surface area contributed by atoms with Gasteiger partial charge in [-0.25, -0.2) is 0 Å². The van der Waals surface area contributed by atoms with Crippen LogP contribution in [0.4, 0.5) is 5.69 Å². The van der Waals surface area contributed by atoms with Crippen LogP contribution < -0.4 is 4.90 Å². The van der Waals surface area contributed by atoms with Crippen LogP contribution in [0, 0.1) is 0 Å². The molecule has 2 heterocycles. The van der Waals surface area contributed by atoms with Gasteiger partial charge in [0.25, 0.3) is 0 Å². The van der Waals surface area contributed by atoms with Crippen LogP contribution in [-0.2, 0) is 12.8 Å². The predicted molar refractivity (Wildman–Crippen MR) is 67.3 cm³/mol. The summed E-state index contributed by atoms with van der Waals surface area (Å²) in [5.41, 5.74) is 3.97. The molecule has 0 aromatic heterocycles. The maximum absolute atomic E-state index is 9.79. The van der Waals surface area contributed by atoms with Crippen LogP contribution in [0.3, 0.4) is 0 Å². The molecule has 0 spiro atoms. The second kappa shape index (κ2) is 4.05. The third-order valence-corrected chi connectivity index (χ3v) is 3.39. The van der Waals surface area contributed by atoms with E-state index in [2.05, 4.69) is 11.0 Å². The first-order valence-electron chi connectivity index (χ1n) is 5.45. The first-order valence-corrected chi connectivity index (χ1v) is 5.45. The Kier molecular flexibility index (Phi) is 2.91. The van der Waals surface area contributed by atoms with Crippen molar-refractivity contribution in [1.29, 1.82) is 0 Å². The second-order valence-corrected chi connectivity index (χ2v) is 4.27. The summed E-state index contributed by atoms with van der Waals surface area (Å²) < 4.78 is 0. The molecule has 15 heavy (non-hydrogen) atoms. The highest BCUT2D eigenvalue weighted by Gasteiger charge is 2.25. The van der Waals surface area contributed by atoms with Gasteiger partial charge >= 0.3 is 0 Å². The molecule has 0 saturated heterocycles. The zero-order chi connectivity index (χ0) is 9.54. The van der Waals surface area contributed by atoms with Crippen molar-refractivity contribution in [3.8, 4) is 5.75 Å². The number of aromatic hydroxyl groups is 1. The lowest BCUT2D eigenvalue weighted by molar-refractivity contribution is 0.462. The number of hydrogen-bond acceptors (Lipinski definition) is 2. The highest BCUT2D eigenvalue weighted by atomic mass is 79.9. The van der Waals surface area contributed by atoms with E-state index >= 15 is 0 Å². The minimum Gasteiger partial charge on any atom is -0.508 e. The van der Waals surface area contributed by atoms with Gasteiger partial charge in [0.2, 0.25) is 0 Å². The number of halogens is 1. The summed E-state index contributed by atoms with van der Waals surface area (Å²) in [6.45, 7) is 2.34. The van der Waals surface area contributed by atoms with Gasteiger partial charge in [-0.3, -0.25) is 0 Å². The van der Waals surface area contributed by atoms with Crippen molar-refractivity contribution in [2.75, 3.05) is 18.0 Å². The minimum atomic E-state index is 0. The quantitative estimate of drug-likeness (QED) is 0.783. The molecule has 0 fully saturated rings. The van der Waals surface area contributed by atoms with Gasteiger partial charge in [-0.05, 0) is 37.3 Å². The molecular weight excluding hydrogens is 254 g/mol. The van der Waals surface area contributed by atoms with E-state index in [4.69, 9.17) is 0 Å². The molecule has 2 aliphatic rings. The fraction of sp³-hybridized carbons (Fsp3) is 0.500. The number of hydrogen-bond donors (Lipinski definition) is 1. The molecule has 1 aromatic carbocycles. The average Bonchev–Trinajstić information content (AvgIpc) is 2.24. The standard InChI is InChI=1S/C12H15NO.BrH/c14-11-6-5-9-3-1-7-13-8-2-4-10(11)12(9)13;/h5-6,14H,1-4,7-8H2;1H. The number of phenolic OH excluding ortho intramolecular Hbond substituents is 1. The van der Waals surface area contributed by atoms with E-state index in [0.717, 1.165) is 6.42 Å². The maximum atomic E-state index is 9.79. The summed E-state index contributed by atoms with van der Waals surface area (Å²) in [5.74, 6) is 0.496. The molecule has 1 aromatic rings. The molecule has 3 rings (SSSR count). The Bertz CT molecular complexity index is 376. The highest BCUT2D eigenvalue weighted by molar-refractivity contribution is 8.93. The SMILES string of the molecule is Br.Oc1ccc2c3c1CCCN3CCC2. The van der Waals surface area contributed by atoms with Gasteiger partial charge in [0.05, 0.1) is 0 Å². The number of benzene rings is 1. The Labute approximate surface area is 101 Å². The van der Waals surface area contributed by atoms with Crippen molar-refractivity contribution in [2.24, 2.45) is 0 Å². The number of nitrogens with zero attached hydrogens (tertiary/aromatic N) is 1. The molecule has 82 valence electrons.